The third-order valence-corrected chi connectivity index (χ3v) is 4.59. The average Bonchev–Trinajstić information content (AvgIpc) is 2.78. The van der Waals surface area contributed by atoms with Crippen molar-refractivity contribution in [2.45, 2.75) is 45.1 Å². The first-order valence-corrected chi connectivity index (χ1v) is 6.64. The zero-order chi connectivity index (χ0) is 11.6. The molecule has 3 heteroatoms. The Hall–Kier alpha value is -0.120. The van der Waals surface area contributed by atoms with E-state index in [1.165, 1.54) is 12.8 Å². The molecule has 4 unspecified atom stereocenters. The van der Waals surface area contributed by atoms with E-state index < -0.39 is 0 Å². The van der Waals surface area contributed by atoms with E-state index in [1.54, 1.807) is 0 Å². The molecule has 1 aliphatic heterocycles. The summed E-state index contributed by atoms with van der Waals surface area (Å²) >= 11 is 0. The maximum absolute atomic E-state index is 10.6. The van der Waals surface area contributed by atoms with Gasteiger partial charge in [-0.05, 0) is 31.1 Å². The fraction of sp³-hybridized carbons (Fsp3) is 1.00. The number of nitrogens with two attached hydrogens (primary N) is 1. The maximum Gasteiger partial charge on any atom is 0.0659 e. The number of hydrogen-bond donors (Lipinski definition) is 2. The summed E-state index contributed by atoms with van der Waals surface area (Å²) in [5.41, 5.74) is 5.72. The highest BCUT2D eigenvalue weighted by Crippen LogP contribution is 2.41. The van der Waals surface area contributed by atoms with Crippen LogP contribution in [0.2, 0.25) is 0 Å². The highest BCUT2D eigenvalue weighted by Gasteiger charge is 2.44. The predicted octanol–water partition coefficient (Wildman–Crippen LogP) is 1.54. The van der Waals surface area contributed by atoms with Crippen molar-refractivity contribution in [1.82, 2.24) is 0 Å². The zero-order valence-electron chi connectivity index (χ0n) is 10.3. The first-order valence-electron chi connectivity index (χ1n) is 6.64. The van der Waals surface area contributed by atoms with Gasteiger partial charge in [-0.25, -0.2) is 0 Å². The van der Waals surface area contributed by atoms with Gasteiger partial charge in [-0.15, -0.1) is 0 Å². The second-order valence-corrected chi connectivity index (χ2v) is 5.85. The van der Waals surface area contributed by atoms with Gasteiger partial charge >= 0.3 is 0 Å². The molecule has 0 aromatic heterocycles. The van der Waals surface area contributed by atoms with E-state index in [2.05, 4.69) is 6.92 Å². The van der Waals surface area contributed by atoms with Crippen LogP contribution >= 0.6 is 0 Å². The molecule has 1 aliphatic carbocycles. The van der Waals surface area contributed by atoms with Gasteiger partial charge in [0.15, 0.2) is 0 Å². The molecule has 3 N–H and O–H groups in total. The molecule has 16 heavy (non-hydrogen) atoms. The Morgan fingerprint density at radius 2 is 2.31 bits per heavy atom. The van der Waals surface area contributed by atoms with Gasteiger partial charge in [0.2, 0.25) is 0 Å². The quantitative estimate of drug-likeness (QED) is 0.769. The van der Waals surface area contributed by atoms with Gasteiger partial charge in [0.1, 0.15) is 0 Å². The molecule has 2 rings (SSSR count). The molecule has 4 atom stereocenters. The first-order chi connectivity index (χ1) is 7.68. The van der Waals surface area contributed by atoms with E-state index in [9.17, 15) is 5.11 Å². The number of hydrogen-bond acceptors (Lipinski definition) is 3. The van der Waals surface area contributed by atoms with Crippen LogP contribution in [0.4, 0.5) is 0 Å². The Morgan fingerprint density at radius 3 is 2.88 bits per heavy atom. The summed E-state index contributed by atoms with van der Waals surface area (Å²) < 4.78 is 5.45. The Labute approximate surface area is 98.4 Å². The molecule has 0 aromatic carbocycles. The molecule has 94 valence electrons. The minimum Gasteiger partial charge on any atom is -0.392 e. The number of aliphatic hydroxyl groups excluding tert-OH is 1. The minimum atomic E-state index is -0.261. The van der Waals surface area contributed by atoms with E-state index in [0.29, 0.717) is 19.1 Å². The highest BCUT2D eigenvalue weighted by molar-refractivity contribution is 4.95. The lowest BCUT2D eigenvalue weighted by Crippen LogP contribution is -2.47. The van der Waals surface area contributed by atoms with Crippen molar-refractivity contribution in [3.05, 3.63) is 0 Å². The van der Waals surface area contributed by atoms with Crippen molar-refractivity contribution in [1.29, 1.82) is 0 Å². The number of aliphatic hydroxyl groups is 1. The third kappa shape index (κ3) is 2.27. The first kappa shape index (κ1) is 12.3. The van der Waals surface area contributed by atoms with Crippen LogP contribution in [-0.2, 0) is 4.74 Å². The molecular weight excluding hydrogens is 202 g/mol. The van der Waals surface area contributed by atoms with Gasteiger partial charge in [-0.2, -0.15) is 0 Å². The summed E-state index contributed by atoms with van der Waals surface area (Å²) in [6.07, 6.45) is 5.55. The molecule has 2 fully saturated rings. The van der Waals surface area contributed by atoms with Gasteiger partial charge in [0.05, 0.1) is 12.7 Å². The Morgan fingerprint density at radius 1 is 1.50 bits per heavy atom. The second-order valence-electron chi connectivity index (χ2n) is 5.85. The molecule has 0 bridgehead atoms. The SMILES string of the molecule is CC1CCCC(C(O)C2(CN)CCOC2)C1. The summed E-state index contributed by atoms with van der Waals surface area (Å²) in [6.45, 7) is 4.25. The maximum atomic E-state index is 10.6. The zero-order valence-corrected chi connectivity index (χ0v) is 10.3. The van der Waals surface area contributed by atoms with Gasteiger partial charge in [0.25, 0.3) is 0 Å². The molecular formula is C13H25NO2. The van der Waals surface area contributed by atoms with Crippen LogP contribution in [0, 0.1) is 17.3 Å². The molecule has 0 spiro atoms. The van der Waals surface area contributed by atoms with Crippen LogP contribution in [0.25, 0.3) is 0 Å². The molecule has 0 aromatic rings. The third-order valence-electron chi connectivity index (χ3n) is 4.59. The summed E-state index contributed by atoms with van der Waals surface area (Å²) in [4.78, 5) is 0. The molecule has 1 heterocycles. The van der Waals surface area contributed by atoms with Crippen LogP contribution in [0.3, 0.4) is 0 Å². The van der Waals surface area contributed by atoms with E-state index >= 15 is 0 Å². The van der Waals surface area contributed by atoms with E-state index in [-0.39, 0.29) is 11.5 Å². The standard InChI is InChI=1S/C13H25NO2/c1-10-3-2-4-11(7-10)12(15)13(8-14)5-6-16-9-13/h10-12,15H,2-9,14H2,1H3. The molecule has 2 aliphatic rings. The van der Waals surface area contributed by atoms with Gasteiger partial charge in [-0.3, -0.25) is 0 Å². The topological polar surface area (TPSA) is 55.5 Å². The van der Waals surface area contributed by atoms with Crippen LogP contribution in [0.5, 0.6) is 0 Å². The van der Waals surface area contributed by atoms with Gasteiger partial charge < -0.3 is 15.6 Å². The largest absolute Gasteiger partial charge is 0.392 e. The smallest absolute Gasteiger partial charge is 0.0659 e. The molecule has 3 nitrogen and oxygen atoms in total. The molecule has 1 saturated carbocycles. The molecule has 0 radical (unpaired) electrons. The van der Waals surface area contributed by atoms with Crippen molar-refractivity contribution < 1.29 is 9.84 Å². The van der Waals surface area contributed by atoms with E-state index in [4.69, 9.17) is 10.5 Å². The monoisotopic (exact) mass is 227 g/mol. The summed E-state index contributed by atoms with van der Waals surface area (Å²) in [6, 6.07) is 0. The normalized spacial score (nSPS) is 42.2. The van der Waals surface area contributed by atoms with E-state index in [0.717, 1.165) is 31.8 Å². The van der Waals surface area contributed by atoms with Crippen LogP contribution in [-0.4, -0.2) is 31.0 Å². The van der Waals surface area contributed by atoms with Crippen molar-refractivity contribution in [3.8, 4) is 0 Å². The Bertz CT molecular complexity index is 226. The summed E-state index contributed by atoms with van der Waals surface area (Å²) in [5.74, 6) is 1.19. The summed E-state index contributed by atoms with van der Waals surface area (Å²) in [5, 5.41) is 10.6. The van der Waals surface area contributed by atoms with Crippen molar-refractivity contribution in [2.75, 3.05) is 19.8 Å². The fourth-order valence-electron chi connectivity index (χ4n) is 3.41. The number of ether oxygens (including phenoxy) is 1. The van der Waals surface area contributed by atoms with Crippen molar-refractivity contribution in [3.63, 3.8) is 0 Å². The highest BCUT2D eigenvalue weighted by atomic mass is 16.5. The van der Waals surface area contributed by atoms with Crippen LogP contribution in [0.1, 0.15) is 39.0 Å². The predicted molar refractivity (Wildman–Crippen MR) is 64.1 cm³/mol. The van der Waals surface area contributed by atoms with E-state index in [1.807, 2.05) is 0 Å². The van der Waals surface area contributed by atoms with Crippen molar-refractivity contribution >= 4 is 0 Å². The lowest BCUT2D eigenvalue weighted by atomic mass is 9.69. The minimum absolute atomic E-state index is 0.151. The number of rotatable bonds is 3. The second kappa shape index (κ2) is 5.03. The van der Waals surface area contributed by atoms with Crippen LogP contribution in [0.15, 0.2) is 0 Å². The molecule has 1 saturated heterocycles. The van der Waals surface area contributed by atoms with Crippen LogP contribution < -0.4 is 5.73 Å². The van der Waals surface area contributed by atoms with Gasteiger partial charge in [-0.1, -0.05) is 19.8 Å². The lowest BCUT2D eigenvalue weighted by Gasteiger charge is -2.39. The molecule has 0 amide bonds. The Kier molecular flexibility index (Phi) is 3.88. The Balaban J connectivity index is 2.01. The fourth-order valence-corrected chi connectivity index (χ4v) is 3.41. The van der Waals surface area contributed by atoms with Gasteiger partial charge in [0, 0.05) is 18.6 Å². The lowest BCUT2D eigenvalue weighted by molar-refractivity contribution is -0.0360. The average molecular weight is 227 g/mol. The summed E-state index contributed by atoms with van der Waals surface area (Å²) in [7, 11) is 0. The van der Waals surface area contributed by atoms with Crippen molar-refractivity contribution in [2.24, 2.45) is 23.0 Å².